The van der Waals surface area contributed by atoms with Crippen LogP contribution in [0.1, 0.15) is 49.0 Å². The van der Waals surface area contributed by atoms with Crippen LogP contribution in [0.4, 0.5) is 4.39 Å². The maximum Gasteiger partial charge on any atom is 0.329 e. The second-order valence-electron chi connectivity index (χ2n) is 9.33. The number of imidazole rings is 1. The molecule has 8 nitrogen and oxygen atoms in total. The van der Waals surface area contributed by atoms with Crippen LogP contribution in [0.2, 0.25) is 5.02 Å². The molecule has 0 spiro atoms. The van der Waals surface area contributed by atoms with E-state index in [1.54, 1.807) is 10.6 Å². The molecule has 2 aliphatic rings. The van der Waals surface area contributed by atoms with Crippen molar-refractivity contribution in [1.29, 1.82) is 0 Å². The van der Waals surface area contributed by atoms with Gasteiger partial charge in [0.05, 0.1) is 16.6 Å². The second kappa shape index (κ2) is 9.64. The molecule has 1 amide bonds. The van der Waals surface area contributed by atoms with Gasteiger partial charge in [0.1, 0.15) is 10.7 Å². The first-order valence-electron chi connectivity index (χ1n) is 12.2. The molecule has 192 valence electrons. The summed E-state index contributed by atoms with van der Waals surface area (Å²) in [5, 5.41) is 0.330. The number of piperidine rings is 1. The molecule has 0 saturated carbocycles. The van der Waals surface area contributed by atoms with Crippen LogP contribution in [0.3, 0.4) is 0 Å². The van der Waals surface area contributed by atoms with Crippen molar-refractivity contribution in [2.45, 2.75) is 50.1 Å². The van der Waals surface area contributed by atoms with Gasteiger partial charge < -0.3 is 4.90 Å². The standard InChI is InChI=1S/C25H28ClFN4O4S/c1-2-29-22-16-18(27)6-7-21(22)31(25(29)33)19-9-13-28(14-10-19)11-3-4-12-30-24(32)20-15-17(26)5-8-23(20)36(30,34)35/h5-8,15-16,19H,2-4,9-14H2,1H3. The van der Waals surface area contributed by atoms with Crippen LogP contribution in [0.25, 0.3) is 11.0 Å². The van der Waals surface area contributed by atoms with E-state index in [4.69, 9.17) is 11.6 Å². The average molecular weight is 535 g/mol. The molecule has 36 heavy (non-hydrogen) atoms. The fourth-order valence-electron chi connectivity index (χ4n) is 5.38. The van der Waals surface area contributed by atoms with Gasteiger partial charge in [0.25, 0.3) is 15.9 Å². The SMILES string of the molecule is CCn1c(=O)n(C2CCN(CCCCN3C(=O)c4cc(Cl)ccc4S3(=O)=O)CC2)c2ccc(F)cc21. The van der Waals surface area contributed by atoms with Crippen LogP contribution >= 0.6 is 11.6 Å². The highest BCUT2D eigenvalue weighted by molar-refractivity contribution is 7.90. The molecule has 3 heterocycles. The van der Waals surface area contributed by atoms with Gasteiger partial charge in [0.2, 0.25) is 0 Å². The highest BCUT2D eigenvalue weighted by atomic mass is 35.5. The Morgan fingerprint density at radius 2 is 1.72 bits per heavy atom. The molecule has 3 aromatic rings. The van der Waals surface area contributed by atoms with E-state index < -0.39 is 15.9 Å². The Bertz CT molecular complexity index is 1490. The van der Waals surface area contributed by atoms with Gasteiger partial charge in [-0.25, -0.2) is 21.9 Å². The molecule has 0 aliphatic carbocycles. The van der Waals surface area contributed by atoms with Crippen molar-refractivity contribution in [3.8, 4) is 0 Å². The number of likely N-dealkylation sites (tertiary alicyclic amines) is 1. The van der Waals surface area contributed by atoms with Gasteiger partial charge in [-0.1, -0.05) is 11.6 Å². The minimum Gasteiger partial charge on any atom is -0.303 e. The Morgan fingerprint density at radius 3 is 2.44 bits per heavy atom. The Balaban J connectivity index is 1.16. The normalized spacial score (nSPS) is 18.3. The first-order chi connectivity index (χ1) is 17.2. The number of unbranched alkanes of at least 4 members (excludes halogenated alkanes) is 1. The maximum atomic E-state index is 13.8. The van der Waals surface area contributed by atoms with Crippen molar-refractivity contribution < 1.29 is 17.6 Å². The van der Waals surface area contributed by atoms with E-state index in [-0.39, 0.29) is 34.6 Å². The number of halogens is 2. The Morgan fingerprint density at radius 1 is 1.00 bits per heavy atom. The van der Waals surface area contributed by atoms with E-state index in [9.17, 15) is 22.4 Å². The summed E-state index contributed by atoms with van der Waals surface area (Å²) in [6, 6.07) is 8.81. The van der Waals surface area contributed by atoms with E-state index in [0.29, 0.717) is 23.5 Å². The van der Waals surface area contributed by atoms with Gasteiger partial charge in [-0.3, -0.25) is 13.9 Å². The molecule has 2 aromatic carbocycles. The molecule has 0 N–H and O–H groups in total. The lowest BCUT2D eigenvalue weighted by atomic mass is 10.0. The lowest BCUT2D eigenvalue weighted by molar-refractivity contribution is 0.0868. The van der Waals surface area contributed by atoms with Crippen molar-refractivity contribution in [2.24, 2.45) is 0 Å². The van der Waals surface area contributed by atoms with Crippen molar-refractivity contribution in [2.75, 3.05) is 26.2 Å². The maximum absolute atomic E-state index is 13.8. The Kier molecular flexibility index (Phi) is 6.69. The van der Waals surface area contributed by atoms with Gasteiger partial charge in [-0.15, -0.1) is 0 Å². The van der Waals surface area contributed by atoms with Gasteiger partial charge >= 0.3 is 5.69 Å². The molecule has 1 aromatic heterocycles. The van der Waals surface area contributed by atoms with Gasteiger partial charge in [-0.2, -0.15) is 0 Å². The lowest BCUT2D eigenvalue weighted by Crippen LogP contribution is -2.38. The molecule has 5 rings (SSSR count). The zero-order chi connectivity index (χ0) is 25.6. The number of fused-ring (bicyclic) bond motifs is 2. The van der Waals surface area contributed by atoms with E-state index in [2.05, 4.69) is 4.90 Å². The number of benzene rings is 2. The highest BCUT2D eigenvalue weighted by Gasteiger charge is 2.40. The fourth-order valence-corrected chi connectivity index (χ4v) is 7.14. The number of amides is 1. The molecular formula is C25H28ClFN4O4S. The number of carbonyl (C=O) groups is 1. The van der Waals surface area contributed by atoms with E-state index in [1.807, 2.05) is 11.5 Å². The molecule has 1 fully saturated rings. The summed E-state index contributed by atoms with van der Waals surface area (Å²) in [7, 11) is -3.83. The number of carbonyl (C=O) groups excluding carboxylic acids is 1. The quantitative estimate of drug-likeness (QED) is 0.430. The van der Waals surface area contributed by atoms with Crippen molar-refractivity contribution in [3.05, 3.63) is 63.3 Å². The molecule has 0 radical (unpaired) electrons. The van der Waals surface area contributed by atoms with Gasteiger partial charge in [-0.05, 0) is 75.5 Å². The Labute approximate surface area is 213 Å². The summed E-state index contributed by atoms with van der Waals surface area (Å²) in [4.78, 5) is 28.0. The van der Waals surface area contributed by atoms with E-state index >= 15 is 0 Å². The summed E-state index contributed by atoms with van der Waals surface area (Å²) in [6.45, 7) is 4.90. The third kappa shape index (κ3) is 4.25. The molecule has 2 aliphatic heterocycles. The van der Waals surface area contributed by atoms with E-state index in [0.717, 1.165) is 48.7 Å². The third-order valence-electron chi connectivity index (χ3n) is 7.22. The second-order valence-corrected chi connectivity index (χ2v) is 11.6. The number of aryl methyl sites for hydroxylation is 1. The van der Waals surface area contributed by atoms with Crippen LogP contribution in [-0.4, -0.2) is 58.8 Å². The van der Waals surface area contributed by atoms with Crippen LogP contribution in [-0.2, 0) is 16.6 Å². The largest absolute Gasteiger partial charge is 0.329 e. The van der Waals surface area contributed by atoms with Crippen LogP contribution in [0.15, 0.2) is 46.1 Å². The molecule has 1 saturated heterocycles. The van der Waals surface area contributed by atoms with Gasteiger partial charge in [0, 0.05) is 37.2 Å². The number of hydrogen-bond acceptors (Lipinski definition) is 5. The summed E-state index contributed by atoms with van der Waals surface area (Å²) in [5.41, 5.74) is 1.42. The Hall–Kier alpha value is -2.69. The van der Waals surface area contributed by atoms with Crippen LogP contribution in [0, 0.1) is 5.82 Å². The highest BCUT2D eigenvalue weighted by Crippen LogP contribution is 2.32. The third-order valence-corrected chi connectivity index (χ3v) is 9.29. The first-order valence-corrected chi connectivity index (χ1v) is 14.0. The molecule has 0 bridgehead atoms. The van der Waals surface area contributed by atoms with Crippen LogP contribution in [0.5, 0.6) is 0 Å². The topological polar surface area (TPSA) is 84.6 Å². The number of hydrogen-bond donors (Lipinski definition) is 0. The molecular weight excluding hydrogens is 507 g/mol. The van der Waals surface area contributed by atoms with E-state index in [1.165, 1.54) is 30.3 Å². The van der Waals surface area contributed by atoms with Crippen molar-refractivity contribution >= 4 is 38.6 Å². The first kappa shape index (κ1) is 25.0. The number of nitrogens with zero attached hydrogens (tertiary/aromatic N) is 4. The number of aromatic nitrogens is 2. The zero-order valence-corrected chi connectivity index (χ0v) is 21.6. The summed E-state index contributed by atoms with van der Waals surface area (Å²) in [6.07, 6.45) is 2.90. The lowest BCUT2D eigenvalue weighted by Gasteiger charge is -2.32. The summed E-state index contributed by atoms with van der Waals surface area (Å²) in [5.74, 6) is -0.877. The molecule has 0 unspecified atom stereocenters. The fraction of sp³-hybridized carbons (Fsp3) is 0.440. The summed E-state index contributed by atoms with van der Waals surface area (Å²) >= 11 is 5.94. The zero-order valence-electron chi connectivity index (χ0n) is 20.0. The predicted octanol–water partition coefficient (Wildman–Crippen LogP) is 3.88. The minimum absolute atomic E-state index is 0.0152. The summed E-state index contributed by atoms with van der Waals surface area (Å²) < 4.78 is 43.6. The van der Waals surface area contributed by atoms with Crippen molar-refractivity contribution in [1.82, 2.24) is 18.3 Å². The average Bonchev–Trinajstić information content (AvgIpc) is 3.23. The predicted molar refractivity (Wildman–Crippen MR) is 135 cm³/mol. The monoisotopic (exact) mass is 534 g/mol. The molecule has 0 atom stereocenters. The molecule has 11 heteroatoms. The number of sulfonamides is 1. The minimum atomic E-state index is -3.83. The number of rotatable bonds is 7. The smallest absolute Gasteiger partial charge is 0.303 e. The van der Waals surface area contributed by atoms with Crippen LogP contribution < -0.4 is 5.69 Å². The van der Waals surface area contributed by atoms with Crippen molar-refractivity contribution in [3.63, 3.8) is 0 Å². The van der Waals surface area contributed by atoms with Gasteiger partial charge in [0.15, 0.2) is 0 Å².